The molecule has 1 aliphatic heterocycles. The molecule has 4 heterocycles. The van der Waals surface area contributed by atoms with E-state index in [0.29, 0.717) is 28.9 Å². The smallest absolute Gasteiger partial charge is 0.223 e. The number of alkyl halides is 1. The lowest BCUT2D eigenvalue weighted by molar-refractivity contribution is 0.130. The number of aliphatic hydroxyl groups excluding tert-OH is 1. The topological polar surface area (TPSA) is 120 Å². The molecule has 184 valence electrons. The van der Waals surface area contributed by atoms with Gasteiger partial charge in [0.2, 0.25) is 5.95 Å². The molecule has 1 aromatic carbocycles. The summed E-state index contributed by atoms with van der Waals surface area (Å²) in [6.07, 6.45) is 4.94. The Bertz CT molecular complexity index is 1410. The first kappa shape index (κ1) is 22.0. The Morgan fingerprint density at radius 1 is 1.20 bits per heavy atom. The molecule has 0 bridgehead atoms. The fourth-order valence-corrected chi connectivity index (χ4v) is 5.31. The van der Waals surface area contributed by atoms with Gasteiger partial charge in [0.25, 0.3) is 0 Å². The number of benzene rings is 1. The number of nitrogens with zero attached hydrogens (tertiary/aromatic N) is 7. The molecule has 1 saturated carbocycles. The van der Waals surface area contributed by atoms with Crippen LogP contribution in [0.2, 0.25) is 0 Å². The number of fused-ring (bicyclic) bond motifs is 3. The van der Waals surface area contributed by atoms with Gasteiger partial charge in [-0.1, -0.05) is 0 Å². The Labute approximate surface area is 199 Å². The van der Waals surface area contributed by atoms with Crippen molar-refractivity contribution in [3.05, 3.63) is 36.2 Å². The Hall–Kier alpha value is -3.54. The van der Waals surface area contributed by atoms with Gasteiger partial charge in [0.15, 0.2) is 23.0 Å². The van der Waals surface area contributed by atoms with E-state index in [1.54, 1.807) is 10.9 Å². The monoisotopic (exact) mass is 484 g/mol. The molecule has 1 aliphatic carbocycles. The van der Waals surface area contributed by atoms with E-state index in [0.717, 1.165) is 24.9 Å². The fraction of sp³-hybridized carbons (Fsp3) is 0.478. The van der Waals surface area contributed by atoms with Crippen LogP contribution in [0.5, 0.6) is 5.75 Å². The zero-order chi connectivity index (χ0) is 24.3. The summed E-state index contributed by atoms with van der Waals surface area (Å²) in [5.41, 5.74) is 7.70. The number of aliphatic hydroxyl groups is 1. The van der Waals surface area contributed by atoms with Crippen molar-refractivity contribution in [2.45, 2.75) is 49.9 Å². The number of hydrogen-bond donors (Lipinski definition) is 2. The molecule has 0 amide bonds. The highest BCUT2D eigenvalue weighted by Gasteiger charge is 2.33. The maximum atomic E-state index is 14.9. The van der Waals surface area contributed by atoms with E-state index in [2.05, 4.69) is 20.2 Å². The lowest BCUT2D eigenvalue weighted by atomic mass is 9.96. The number of rotatable bonds is 4. The summed E-state index contributed by atoms with van der Waals surface area (Å²) in [6.45, 7) is 0.726. The van der Waals surface area contributed by atoms with Crippen molar-refractivity contribution in [1.82, 2.24) is 29.4 Å². The van der Waals surface area contributed by atoms with Gasteiger partial charge in [-0.3, -0.25) is 4.68 Å². The van der Waals surface area contributed by atoms with Crippen molar-refractivity contribution < 1.29 is 18.6 Å². The number of methoxy groups -OCH3 is 1. The van der Waals surface area contributed by atoms with Crippen molar-refractivity contribution in [3.8, 4) is 5.75 Å². The van der Waals surface area contributed by atoms with Crippen LogP contribution < -0.4 is 15.4 Å². The summed E-state index contributed by atoms with van der Waals surface area (Å²) in [7, 11) is 1.38. The average Bonchev–Trinajstić information content (AvgIpc) is 3.58. The van der Waals surface area contributed by atoms with Crippen molar-refractivity contribution in [1.29, 1.82) is 0 Å². The largest absolute Gasteiger partial charge is 0.494 e. The van der Waals surface area contributed by atoms with E-state index in [4.69, 9.17) is 10.5 Å². The SMILES string of the molecule is COc1cc2nc(N)n3nc(C4CC(F)CN(c5cnn(C6CCCC6O)c5)C4)nc3c2cc1F. The first-order chi connectivity index (χ1) is 16.9. The predicted molar refractivity (Wildman–Crippen MR) is 125 cm³/mol. The summed E-state index contributed by atoms with van der Waals surface area (Å²) in [5.74, 6) is -0.275. The Morgan fingerprint density at radius 2 is 2.06 bits per heavy atom. The van der Waals surface area contributed by atoms with E-state index in [9.17, 15) is 13.9 Å². The Balaban J connectivity index is 1.33. The van der Waals surface area contributed by atoms with Crippen LogP contribution in [0.1, 0.15) is 43.5 Å². The minimum Gasteiger partial charge on any atom is -0.494 e. The molecule has 2 aliphatic rings. The molecule has 2 fully saturated rings. The Kier molecular flexibility index (Phi) is 5.20. The molecule has 6 rings (SSSR count). The third kappa shape index (κ3) is 3.72. The summed E-state index contributed by atoms with van der Waals surface area (Å²) in [6, 6.07) is 2.72. The van der Waals surface area contributed by atoms with E-state index >= 15 is 0 Å². The van der Waals surface area contributed by atoms with Crippen LogP contribution >= 0.6 is 0 Å². The number of aromatic nitrogens is 6. The fourth-order valence-electron chi connectivity index (χ4n) is 5.31. The average molecular weight is 485 g/mol. The molecule has 3 aromatic heterocycles. The van der Waals surface area contributed by atoms with Crippen molar-refractivity contribution in [3.63, 3.8) is 0 Å². The van der Waals surface area contributed by atoms with E-state index in [1.165, 1.54) is 23.8 Å². The van der Waals surface area contributed by atoms with E-state index in [1.807, 2.05) is 11.1 Å². The van der Waals surface area contributed by atoms with Gasteiger partial charge >= 0.3 is 0 Å². The summed E-state index contributed by atoms with van der Waals surface area (Å²) >= 11 is 0. The molecule has 10 nitrogen and oxygen atoms in total. The molecular weight excluding hydrogens is 458 g/mol. The zero-order valence-electron chi connectivity index (χ0n) is 19.2. The van der Waals surface area contributed by atoms with Gasteiger partial charge < -0.3 is 20.5 Å². The molecule has 3 N–H and O–H groups in total. The zero-order valence-corrected chi connectivity index (χ0v) is 19.2. The van der Waals surface area contributed by atoms with Crippen LogP contribution in [-0.4, -0.2) is 66.9 Å². The van der Waals surface area contributed by atoms with Crippen molar-refractivity contribution in [2.75, 3.05) is 30.8 Å². The van der Waals surface area contributed by atoms with Crippen LogP contribution in [0.25, 0.3) is 16.6 Å². The maximum absolute atomic E-state index is 14.9. The van der Waals surface area contributed by atoms with Gasteiger partial charge in [0.1, 0.15) is 6.17 Å². The summed E-state index contributed by atoms with van der Waals surface area (Å²) < 4.78 is 37.5. The number of halogens is 2. The van der Waals surface area contributed by atoms with Crippen LogP contribution in [0.15, 0.2) is 24.5 Å². The molecule has 0 radical (unpaired) electrons. The minimum atomic E-state index is -1.09. The lowest BCUT2D eigenvalue weighted by Crippen LogP contribution is -2.41. The van der Waals surface area contributed by atoms with Gasteiger partial charge in [-0.15, -0.1) is 5.10 Å². The molecule has 4 atom stereocenters. The molecule has 4 aromatic rings. The first-order valence-electron chi connectivity index (χ1n) is 11.7. The van der Waals surface area contributed by atoms with Gasteiger partial charge in [0, 0.05) is 36.7 Å². The molecule has 12 heteroatoms. The maximum Gasteiger partial charge on any atom is 0.223 e. The van der Waals surface area contributed by atoms with Crippen LogP contribution in [0.4, 0.5) is 20.4 Å². The van der Waals surface area contributed by atoms with Gasteiger partial charge in [-0.2, -0.15) is 9.61 Å². The first-order valence-corrected chi connectivity index (χ1v) is 11.7. The second-order valence-corrected chi connectivity index (χ2v) is 9.36. The third-order valence-electron chi connectivity index (χ3n) is 7.09. The second kappa shape index (κ2) is 8.29. The standard InChI is InChI=1S/C23H26F2N8O2/c1-35-20-7-17-15(6-16(20)25)22-29-21(30-33(22)23(26)28-17)12-5-13(24)10-31(9-12)14-8-27-32(11-14)18-3-2-4-19(18)34/h6-8,11-13,18-19,34H,2-5,9-10H2,1H3,(H2,26,28). The van der Waals surface area contributed by atoms with Crippen LogP contribution in [-0.2, 0) is 0 Å². The second-order valence-electron chi connectivity index (χ2n) is 9.36. The lowest BCUT2D eigenvalue weighted by Gasteiger charge is -2.34. The number of nitrogens with two attached hydrogens (primary N) is 1. The summed E-state index contributed by atoms with van der Waals surface area (Å²) in [5, 5.41) is 19.6. The highest BCUT2D eigenvalue weighted by atomic mass is 19.1. The molecular formula is C23H26F2N8O2. The molecule has 1 saturated heterocycles. The van der Waals surface area contributed by atoms with Crippen LogP contribution in [0.3, 0.4) is 0 Å². The minimum absolute atomic E-state index is 0.0478. The number of ether oxygens (including phenoxy) is 1. The number of nitrogen functional groups attached to an aromatic ring is 1. The normalized spacial score (nSPS) is 25.1. The number of anilines is 2. The molecule has 0 spiro atoms. The molecule has 4 unspecified atom stereocenters. The highest BCUT2D eigenvalue weighted by Crippen LogP contribution is 2.34. The Morgan fingerprint density at radius 3 is 2.83 bits per heavy atom. The van der Waals surface area contributed by atoms with Crippen molar-refractivity contribution >= 4 is 28.2 Å². The predicted octanol–water partition coefficient (Wildman–Crippen LogP) is 2.62. The quantitative estimate of drug-likeness (QED) is 0.454. The van der Waals surface area contributed by atoms with Crippen molar-refractivity contribution in [2.24, 2.45) is 0 Å². The van der Waals surface area contributed by atoms with E-state index < -0.39 is 18.1 Å². The highest BCUT2D eigenvalue weighted by molar-refractivity contribution is 5.93. The number of hydrogen-bond acceptors (Lipinski definition) is 8. The van der Waals surface area contributed by atoms with Crippen LogP contribution in [0, 0.1) is 5.82 Å². The van der Waals surface area contributed by atoms with Gasteiger partial charge in [-0.25, -0.2) is 18.7 Å². The van der Waals surface area contributed by atoms with E-state index in [-0.39, 0.29) is 36.6 Å². The van der Waals surface area contributed by atoms with Gasteiger partial charge in [-0.05, 0) is 31.7 Å². The molecule has 35 heavy (non-hydrogen) atoms. The third-order valence-corrected chi connectivity index (χ3v) is 7.09. The number of piperidine rings is 1. The summed E-state index contributed by atoms with van der Waals surface area (Å²) in [4.78, 5) is 10.9. The van der Waals surface area contributed by atoms with Gasteiger partial charge in [0.05, 0.1) is 36.7 Å².